The summed E-state index contributed by atoms with van der Waals surface area (Å²) in [5.41, 5.74) is 1.83. The van der Waals surface area contributed by atoms with Crippen molar-refractivity contribution < 1.29 is 19.1 Å². The van der Waals surface area contributed by atoms with Gasteiger partial charge in [0.1, 0.15) is 18.2 Å². The third-order valence-electron chi connectivity index (χ3n) is 4.97. The van der Waals surface area contributed by atoms with Crippen LogP contribution >= 0.6 is 0 Å². The van der Waals surface area contributed by atoms with Crippen LogP contribution in [-0.2, 0) is 27.3 Å². The lowest BCUT2D eigenvalue weighted by atomic mass is 10.00. The number of benzene rings is 2. The van der Waals surface area contributed by atoms with Gasteiger partial charge in [-0.05, 0) is 44.2 Å². The van der Waals surface area contributed by atoms with Crippen molar-refractivity contribution in [1.29, 1.82) is 0 Å². The van der Waals surface area contributed by atoms with Crippen molar-refractivity contribution >= 4 is 12.1 Å². The lowest BCUT2D eigenvalue weighted by Gasteiger charge is -2.28. The summed E-state index contributed by atoms with van der Waals surface area (Å²) in [5.74, 6) is -0.0921. The molecule has 0 aliphatic heterocycles. The molecule has 2 N–H and O–H groups in total. The molecule has 0 aliphatic carbocycles. The molecule has 184 valence electrons. The van der Waals surface area contributed by atoms with Gasteiger partial charge in [0.15, 0.2) is 0 Å². The van der Waals surface area contributed by atoms with Gasteiger partial charge in [-0.2, -0.15) is 0 Å². The van der Waals surface area contributed by atoms with Crippen molar-refractivity contribution in [2.75, 3.05) is 0 Å². The lowest BCUT2D eigenvalue weighted by Crippen LogP contribution is -2.47. The Labute approximate surface area is 203 Å². The van der Waals surface area contributed by atoms with E-state index in [1.807, 2.05) is 81.4 Å². The standard InChI is InChI=1S/C28H38N2O4/c1-20(2)17-24(30-27(32)34-28(4,5)6)21(3)29-25(18-22-13-9-7-10-14-22)26(31)33-19-23-15-11-8-12-16-23/h7-16,20,24-25,29H,3,17-19H2,1-2,4-6H3,(H,30,32)/t24-,25+/m1/s1. The quantitative estimate of drug-likeness (QED) is 0.435. The molecule has 6 heteroatoms. The molecule has 0 radical (unpaired) electrons. The van der Waals surface area contributed by atoms with Gasteiger partial charge >= 0.3 is 12.1 Å². The molecule has 0 saturated carbocycles. The fourth-order valence-corrected chi connectivity index (χ4v) is 3.41. The van der Waals surface area contributed by atoms with E-state index in [9.17, 15) is 9.59 Å². The summed E-state index contributed by atoms with van der Waals surface area (Å²) in [4.78, 5) is 25.5. The van der Waals surface area contributed by atoms with Crippen molar-refractivity contribution in [2.45, 2.75) is 71.8 Å². The van der Waals surface area contributed by atoms with Gasteiger partial charge in [-0.3, -0.25) is 0 Å². The first kappa shape index (κ1) is 27.0. The Morgan fingerprint density at radius 3 is 1.97 bits per heavy atom. The van der Waals surface area contributed by atoms with Crippen LogP contribution in [0, 0.1) is 5.92 Å². The monoisotopic (exact) mass is 466 g/mol. The minimum absolute atomic E-state index is 0.185. The highest BCUT2D eigenvalue weighted by atomic mass is 16.6. The molecule has 0 aromatic heterocycles. The average molecular weight is 467 g/mol. The van der Waals surface area contributed by atoms with Crippen LogP contribution in [0.3, 0.4) is 0 Å². The van der Waals surface area contributed by atoms with Crippen LogP contribution in [0.15, 0.2) is 72.9 Å². The molecule has 34 heavy (non-hydrogen) atoms. The number of esters is 1. The van der Waals surface area contributed by atoms with Gasteiger partial charge in [-0.25, -0.2) is 9.59 Å². The van der Waals surface area contributed by atoms with E-state index in [1.54, 1.807) is 0 Å². The average Bonchev–Trinajstić information content (AvgIpc) is 2.76. The fraction of sp³-hybridized carbons (Fsp3) is 0.429. The topological polar surface area (TPSA) is 76.7 Å². The predicted octanol–water partition coefficient (Wildman–Crippen LogP) is 5.38. The van der Waals surface area contributed by atoms with Crippen LogP contribution in [0.5, 0.6) is 0 Å². The number of hydrogen-bond donors (Lipinski definition) is 2. The Hall–Kier alpha value is -3.28. The van der Waals surface area contributed by atoms with Crippen molar-refractivity contribution in [3.63, 3.8) is 0 Å². The summed E-state index contributed by atoms with van der Waals surface area (Å²) < 4.78 is 11.0. The van der Waals surface area contributed by atoms with Gasteiger partial charge < -0.3 is 20.1 Å². The van der Waals surface area contributed by atoms with Crippen molar-refractivity contribution in [3.05, 3.63) is 84.1 Å². The molecule has 0 heterocycles. The lowest BCUT2D eigenvalue weighted by molar-refractivity contribution is -0.147. The normalized spacial score (nSPS) is 13.0. The van der Waals surface area contributed by atoms with Gasteiger partial charge in [0.2, 0.25) is 0 Å². The minimum atomic E-state index is -0.659. The molecule has 6 nitrogen and oxygen atoms in total. The Kier molecular flexibility index (Phi) is 10.2. The summed E-state index contributed by atoms with van der Waals surface area (Å²) in [6.45, 7) is 13.9. The van der Waals surface area contributed by atoms with E-state index in [0.29, 0.717) is 18.5 Å². The molecule has 2 aromatic rings. The molecular weight excluding hydrogens is 428 g/mol. The van der Waals surface area contributed by atoms with Crippen LogP contribution < -0.4 is 10.6 Å². The van der Waals surface area contributed by atoms with Gasteiger partial charge in [0.05, 0.1) is 6.04 Å². The predicted molar refractivity (Wildman–Crippen MR) is 135 cm³/mol. The number of hydrogen-bond acceptors (Lipinski definition) is 5. The zero-order valence-electron chi connectivity index (χ0n) is 21.0. The number of ether oxygens (including phenoxy) is 2. The molecule has 0 spiro atoms. The third kappa shape index (κ3) is 10.1. The largest absolute Gasteiger partial charge is 0.459 e. The highest BCUT2D eigenvalue weighted by Gasteiger charge is 2.26. The van der Waals surface area contributed by atoms with Crippen molar-refractivity contribution in [1.82, 2.24) is 10.6 Å². The molecular formula is C28H38N2O4. The van der Waals surface area contributed by atoms with Crippen LogP contribution in [0.1, 0.15) is 52.2 Å². The van der Waals surface area contributed by atoms with Gasteiger partial charge in [0.25, 0.3) is 0 Å². The maximum absolute atomic E-state index is 13.1. The Balaban J connectivity index is 2.14. The van der Waals surface area contributed by atoms with Gasteiger partial charge in [0, 0.05) is 12.1 Å². The molecule has 0 fully saturated rings. The van der Waals surface area contributed by atoms with Gasteiger partial charge in [-0.15, -0.1) is 0 Å². The van der Waals surface area contributed by atoms with Gasteiger partial charge in [-0.1, -0.05) is 81.1 Å². The minimum Gasteiger partial charge on any atom is -0.459 e. The molecule has 2 atom stereocenters. The van der Waals surface area contributed by atoms with E-state index < -0.39 is 23.8 Å². The molecule has 1 amide bonds. The Bertz CT molecular complexity index is 920. The number of alkyl carbamates (subject to hydrolysis) is 1. The molecule has 2 rings (SSSR count). The molecule has 2 aromatic carbocycles. The smallest absolute Gasteiger partial charge is 0.408 e. The van der Waals surface area contributed by atoms with Crippen LogP contribution in [0.25, 0.3) is 0 Å². The van der Waals surface area contributed by atoms with E-state index in [0.717, 1.165) is 11.1 Å². The zero-order chi connectivity index (χ0) is 25.1. The molecule has 0 unspecified atom stereocenters. The second-order valence-corrected chi connectivity index (χ2v) is 9.83. The number of carbonyl (C=O) groups excluding carboxylic acids is 2. The number of rotatable bonds is 11. The van der Waals surface area contributed by atoms with E-state index >= 15 is 0 Å². The SMILES string of the molecule is C=C(N[C@@H](Cc1ccccc1)C(=O)OCc1ccccc1)[C@@H](CC(C)C)NC(=O)OC(C)(C)C. The van der Waals surface area contributed by atoms with E-state index in [-0.39, 0.29) is 18.5 Å². The fourth-order valence-electron chi connectivity index (χ4n) is 3.41. The first-order valence-corrected chi connectivity index (χ1v) is 11.7. The summed E-state index contributed by atoms with van der Waals surface area (Å²) in [5, 5.41) is 6.13. The second kappa shape index (κ2) is 12.8. The van der Waals surface area contributed by atoms with E-state index in [2.05, 4.69) is 31.1 Å². The van der Waals surface area contributed by atoms with Crippen molar-refractivity contribution in [2.24, 2.45) is 5.92 Å². The summed E-state index contributed by atoms with van der Waals surface area (Å²) in [7, 11) is 0. The summed E-state index contributed by atoms with van der Waals surface area (Å²) >= 11 is 0. The van der Waals surface area contributed by atoms with Crippen LogP contribution in [0.4, 0.5) is 4.79 Å². The van der Waals surface area contributed by atoms with E-state index in [4.69, 9.17) is 9.47 Å². The first-order valence-electron chi connectivity index (χ1n) is 11.7. The van der Waals surface area contributed by atoms with Crippen LogP contribution in [-0.4, -0.2) is 29.7 Å². The molecule has 0 bridgehead atoms. The second-order valence-electron chi connectivity index (χ2n) is 9.83. The summed E-state index contributed by atoms with van der Waals surface area (Å²) in [6, 6.07) is 18.2. The summed E-state index contributed by atoms with van der Waals surface area (Å²) in [6.07, 6.45) is 0.545. The number of nitrogens with one attached hydrogen (secondary N) is 2. The van der Waals surface area contributed by atoms with E-state index in [1.165, 1.54) is 0 Å². The maximum Gasteiger partial charge on any atom is 0.408 e. The molecule has 0 saturated heterocycles. The maximum atomic E-state index is 13.1. The number of amides is 1. The Morgan fingerprint density at radius 2 is 1.44 bits per heavy atom. The Morgan fingerprint density at radius 1 is 0.882 bits per heavy atom. The highest BCUT2D eigenvalue weighted by molar-refractivity contribution is 5.76. The van der Waals surface area contributed by atoms with Crippen molar-refractivity contribution in [3.8, 4) is 0 Å². The van der Waals surface area contributed by atoms with Crippen LogP contribution in [0.2, 0.25) is 0 Å². The first-order chi connectivity index (χ1) is 16.0. The third-order valence-corrected chi connectivity index (χ3v) is 4.97. The number of carbonyl (C=O) groups is 2. The zero-order valence-corrected chi connectivity index (χ0v) is 21.0. The molecule has 0 aliphatic rings. The highest BCUT2D eigenvalue weighted by Crippen LogP contribution is 2.15.